The van der Waals surface area contributed by atoms with Gasteiger partial charge in [-0.05, 0) is 43.6 Å². The van der Waals surface area contributed by atoms with E-state index in [-0.39, 0.29) is 41.8 Å². The van der Waals surface area contributed by atoms with Crippen molar-refractivity contribution in [2.75, 3.05) is 25.7 Å². The van der Waals surface area contributed by atoms with Crippen LogP contribution in [0, 0.1) is 11.7 Å². The molecule has 5 N–H and O–H groups in total. The number of rotatable bonds is 6. The minimum Gasteiger partial charge on any atom is -0.388 e. The zero-order valence-corrected chi connectivity index (χ0v) is 23.9. The number of benzene rings is 1. The molecule has 11 atom stereocenters. The van der Waals surface area contributed by atoms with Crippen molar-refractivity contribution in [3.05, 3.63) is 35.6 Å². The van der Waals surface area contributed by atoms with Crippen LogP contribution in [0.3, 0.4) is 0 Å². The first-order chi connectivity index (χ1) is 18.1. The summed E-state index contributed by atoms with van der Waals surface area (Å²) in [6.45, 7) is 2.63. The summed E-state index contributed by atoms with van der Waals surface area (Å²) < 4.78 is 36.5. The van der Waals surface area contributed by atoms with Crippen molar-refractivity contribution in [2.45, 2.75) is 79.1 Å². The van der Waals surface area contributed by atoms with Crippen molar-refractivity contribution in [3.63, 3.8) is 0 Å². The maximum atomic E-state index is 14.4. The highest BCUT2D eigenvalue weighted by Gasteiger charge is 2.49. The average molecular weight is 599 g/mol. The smallest absolute Gasteiger partial charge is 0.240 e. The third-order valence-electron chi connectivity index (χ3n) is 7.38. The van der Waals surface area contributed by atoms with Gasteiger partial charge in [-0.15, -0.1) is 23.4 Å². The lowest BCUT2D eigenvalue weighted by molar-refractivity contribution is -0.205. The van der Waals surface area contributed by atoms with E-state index >= 15 is 0 Å². The lowest BCUT2D eigenvalue weighted by Crippen LogP contribution is -2.65. The highest BCUT2D eigenvalue weighted by Crippen LogP contribution is 2.37. The SMILES string of the molecule is CSC1O[C@H]([C@H](NC(=O)[C@H]2NC[C@@H]3C[C@@H](c4ccccc4F)CCO[C@H]32)[C@H](C)Cl)C(O)[C@@H](O)[C@H]1O.CSF. The Morgan fingerprint density at radius 3 is 2.53 bits per heavy atom. The topological polar surface area (TPSA) is 120 Å². The predicted molar refractivity (Wildman–Crippen MR) is 145 cm³/mol. The number of halogens is 3. The molecule has 1 aromatic rings. The molecule has 3 fully saturated rings. The van der Waals surface area contributed by atoms with E-state index in [1.807, 2.05) is 12.1 Å². The van der Waals surface area contributed by atoms with Crippen LogP contribution in [0.4, 0.5) is 8.28 Å². The molecule has 2 unspecified atom stereocenters. The summed E-state index contributed by atoms with van der Waals surface area (Å²) in [5, 5.41) is 36.5. The summed E-state index contributed by atoms with van der Waals surface area (Å²) in [5.74, 6) is -0.541. The lowest BCUT2D eigenvalue weighted by atomic mass is 9.85. The first-order valence-corrected chi connectivity index (χ1v) is 15.4. The second-order valence-electron chi connectivity index (χ2n) is 9.77. The molecule has 8 nitrogen and oxygen atoms in total. The molecule has 38 heavy (non-hydrogen) atoms. The summed E-state index contributed by atoms with van der Waals surface area (Å²) in [6, 6.07) is 5.31. The number of aliphatic hydroxyl groups is 3. The van der Waals surface area contributed by atoms with E-state index in [1.54, 1.807) is 19.2 Å². The van der Waals surface area contributed by atoms with Crippen molar-refractivity contribution < 1.29 is 37.9 Å². The first-order valence-electron chi connectivity index (χ1n) is 12.6. The van der Waals surface area contributed by atoms with E-state index in [0.29, 0.717) is 31.6 Å². The fraction of sp³-hybridized carbons (Fsp3) is 0.720. The van der Waals surface area contributed by atoms with Crippen LogP contribution >= 0.6 is 35.5 Å². The second kappa shape index (κ2) is 14.8. The zero-order chi connectivity index (χ0) is 28.0. The molecule has 1 aromatic carbocycles. The fourth-order valence-corrected chi connectivity index (χ4v) is 6.36. The summed E-state index contributed by atoms with van der Waals surface area (Å²) >= 11 is 7.83. The molecule has 4 rings (SSSR count). The summed E-state index contributed by atoms with van der Waals surface area (Å²) in [4.78, 5) is 13.4. The van der Waals surface area contributed by atoms with Crippen LogP contribution in [0.1, 0.15) is 31.2 Å². The van der Waals surface area contributed by atoms with Crippen LogP contribution in [-0.4, -0.2) is 100 Å². The van der Waals surface area contributed by atoms with Gasteiger partial charge < -0.3 is 35.4 Å². The summed E-state index contributed by atoms with van der Waals surface area (Å²) in [5.41, 5.74) is -0.101. The fourth-order valence-electron chi connectivity index (χ4n) is 5.47. The van der Waals surface area contributed by atoms with Gasteiger partial charge in [0.05, 0.1) is 17.5 Å². The lowest BCUT2D eigenvalue weighted by Gasteiger charge is -2.44. The van der Waals surface area contributed by atoms with Crippen LogP contribution in [0.2, 0.25) is 0 Å². The molecule has 0 radical (unpaired) electrons. The van der Waals surface area contributed by atoms with E-state index in [0.717, 1.165) is 0 Å². The van der Waals surface area contributed by atoms with Crippen molar-refractivity contribution in [1.82, 2.24) is 10.6 Å². The molecule has 3 heterocycles. The number of nitrogens with one attached hydrogen (secondary N) is 2. The van der Waals surface area contributed by atoms with Crippen molar-refractivity contribution in [1.29, 1.82) is 0 Å². The second-order valence-corrected chi connectivity index (χ2v) is 11.7. The number of carbonyl (C=O) groups is 1. The minimum atomic E-state index is -1.43. The number of ether oxygens (including phenoxy) is 2. The van der Waals surface area contributed by atoms with Gasteiger partial charge in [0, 0.05) is 37.5 Å². The normalized spacial score (nSPS) is 36.7. The Morgan fingerprint density at radius 2 is 1.89 bits per heavy atom. The molecule has 0 aliphatic carbocycles. The van der Waals surface area contributed by atoms with E-state index in [1.165, 1.54) is 24.1 Å². The van der Waals surface area contributed by atoms with Crippen molar-refractivity contribution >= 4 is 41.4 Å². The summed E-state index contributed by atoms with van der Waals surface area (Å²) in [6.07, 6.45) is -1.08. The summed E-state index contributed by atoms with van der Waals surface area (Å²) in [7, 11) is 0. The molecule has 0 bridgehead atoms. The van der Waals surface area contributed by atoms with Gasteiger partial charge in [-0.25, -0.2) is 4.39 Å². The molecular weight excluding hydrogens is 562 g/mol. The third-order valence-corrected chi connectivity index (χ3v) is 8.51. The Hall–Kier alpha value is -0.700. The maximum absolute atomic E-state index is 14.4. The number of hydrogen-bond acceptors (Lipinski definition) is 9. The molecule has 0 saturated carbocycles. The zero-order valence-electron chi connectivity index (χ0n) is 21.5. The van der Waals surface area contributed by atoms with Crippen LogP contribution < -0.4 is 10.6 Å². The molecule has 0 aromatic heterocycles. The molecule has 13 heteroatoms. The molecule has 1 amide bonds. The Bertz CT molecular complexity index is 907. The number of hydrogen-bond donors (Lipinski definition) is 5. The number of carbonyl (C=O) groups excluding carboxylic acids is 1. The highest BCUT2D eigenvalue weighted by molar-refractivity contribution is 7.99. The van der Waals surface area contributed by atoms with Crippen LogP contribution in [0.5, 0.6) is 0 Å². The number of alkyl halides is 1. The van der Waals surface area contributed by atoms with Crippen molar-refractivity contribution in [2.24, 2.45) is 5.92 Å². The monoisotopic (exact) mass is 598 g/mol. The average Bonchev–Trinajstić information content (AvgIpc) is 3.17. The van der Waals surface area contributed by atoms with E-state index in [4.69, 9.17) is 21.1 Å². The largest absolute Gasteiger partial charge is 0.388 e. The van der Waals surface area contributed by atoms with Crippen LogP contribution in [-0.2, 0) is 14.3 Å². The number of thioether (sulfide) groups is 1. The Morgan fingerprint density at radius 1 is 1.21 bits per heavy atom. The number of amides is 1. The van der Waals surface area contributed by atoms with Gasteiger partial charge in [0.15, 0.2) is 0 Å². The maximum Gasteiger partial charge on any atom is 0.240 e. The van der Waals surface area contributed by atoms with Gasteiger partial charge in [0.25, 0.3) is 0 Å². The predicted octanol–water partition coefficient (Wildman–Crippen LogP) is 2.19. The third kappa shape index (κ3) is 7.32. The molecule has 3 aliphatic rings. The molecule has 3 saturated heterocycles. The Balaban J connectivity index is 0.00000127. The minimum absolute atomic E-state index is 0.00704. The van der Waals surface area contributed by atoms with Crippen LogP contribution in [0.15, 0.2) is 24.3 Å². The molecule has 216 valence electrons. The molecular formula is C25H37ClF2N2O6S2. The number of aliphatic hydroxyl groups excluding tert-OH is 3. The Labute approximate surface area is 235 Å². The van der Waals surface area contributed by atoms with E-state index in [9.17, 15) is 28.4 Å². The molecule has 3 aliphatic heterocycles. The standard InChI is InChI=1S/C24H34ClFN2O6S.CH3FS/c1-11(25)16(22-19(30)18(29)20(31)24(34-22)35-2)28-23(32)17-21-13(10-27-17)9-12(7-8-33-21)14-5-3-4-6-15(14)26;1-3-2/h3-6,11-13,16-22,24,27,29-31H,7-10H2,1-2H3,(H,28,32);1H3/t11-,12-,13-,16+,17-,18+,19?,20+,21+,22+,24?;/m0./s1. The van der Waals surface area contributed by atoms with Crippen molar-refractivity contribution in [3.8, 4) is 0 Å². The van der Waals surface area contributed by atoms with Gasteiger partial charge in [0.2, 0.25) is 5.91 Å². The van der Waals surface area contributed by atoms with Gasteiger partial charge in [-0.2, -0.15) is 3.89 Å². The molecule has 0 spiro atoms. The van der Waals surface area contributed by atoms with Gasteiger partial charge in [0.1, 0.15) is 41.7 Å². The van der Waals surface area contributed by atoms with Gasteiger partial charge in [-0.1, -0.05) is 18.2 Å². The number of fused-ring (bicyclic) bond motifs is 1. The first kappa shape index (κ1) is 31.8. The van der Waals surface area contributed by atoms with Gasteiger partial charge >= 0.3 is 0 Å². The van der Waals surface area contributed by atoms with E-state index in [2.05, 4.69) is 10.6 Å². The van der Waals surface area contributed by atoms with Gasteiger partial charge in [-0.3, -0.25) is 4.79 Å². The van der Waals surface area contributed by atoms with E-state index < -0.39 is 47.3 Å². The van der Waals surface area contributed by atoms with Crippen LogP contribution in [0.25, 0.3) is 0 Å². The quantitative estimate of drug-likeness (QED) is 0.314. The highest BCUT2D eigenvalue weighted by atomic mass is 35.5. The Kier molecular flexibility index (Phi) is 12.4.